The van der Waals surface area contributed by atoms with Gasteiger partial charge >= 0.3 is 11.8 Å². The highest BCUT2D eigenvalue weighted by Gasteiger charge is 2.24. The van der Waals surface area contributed by atoms with E-state index in [2.05, 4.69) is 14.9 Å². The quantitative estimate of drug-likeness (QED) is 0.592. The zero-order chi connectivity index (χ0) is 23.6. The Kier molecular flexibility index (Phi) is 6.51. The van der Waals surface area contributed by atoms with E-state index in [-0.39, 0.29) is 22.5 Å². The summed E-state index contributed by atoms with van der Waals surface area (Å²) in [5, 5.41) is 3.94. The molecule has 8 nitrogen and oxygen atoms in total. The van der Waals surface area contributed by atoms with Gasteiger partial charge in [0.1, 0.15) is 0 Å². The summed E-state index contributed by atoms with van der Waals surface area (Å²) in [4.78, 5) is 18.9. The van der Waals surface area contributed by atoms with E-state index in [0.717, 1.165) is 36.8 Å². The maximum atomic E-state index is 13.1. The molecule has 9 heteroatoms. The highest BCUT2D eigenvalue weighted by Crippen LogP contribution is 2.26. The van der Waals surface area contributed by atoms with Crippen LogP contribution in [0.4, 0.5) is 5.69 Å². The van der Waals surface area contributed by atoms with Crippen LogP contribution in [-0.4, -0.2) is 42.5 Å². The molecule has 1 aliphatic rings. The Morgan fingerprint density at radius 1 is 0.970 bits per heavy atom. The molecule has 1 N–H and O–H groups in total. The van der Waals surface area contributed by atoms with Crippen LogP contribution in [0, 0.1) is 20.8 Å². The lowest BCUT2D eigenvalue weighted by atomic mass is 10.1. The number of aromatic nitrogens is 2. The molecule has 1 aliphatic heterocycles. The fourth-order valence-corrected chi connectivity index (χ4v) is 5.42. The largest absolute Gasteiger partial charge is 0.334 e. The van der Waals surface area contributed by atoms with Gasteiger partial charge in [-0.15, -0.1) is 0 Å². The lowest BCUT2D eigenvalue weighted by molar-refractivity contribution is 0.0711. The molecule has 1 fully saturated rings. The first kappa shape index (κ1) is 23.0. The van der Waals surface area contributed by atoms with Gasteiger partial charge in [-0.3, -0.25) is 9.52 Å². The highest BCUT2D eigenvalue weighted by molar-refractivity contribution is 7.92. The summed E-state index contributed by atoms with van der Waals surface area (Å²) in [6, 6.07) is 10.5. The van der Waals surface area contributed by atoms with Gasteiger partial charge in [0.15, 0.2) is 0 Å². The molecular weight excluding hydrogens is 440 g/mol. The normalized spacial score (nSPS) is 14.7. The van der Waals surface area contributed by atoms with E-state index < -0.39 is 10.0 Å². The molecule has 2 aromatic carbocycles. The van der Waals surface area contributed by atoms with E-state index in [0.29, 0.717) is 29.9 Å². The van der Waals surface area contributed by atoms with Gasteiger partial charge in [0.05, 0.1) is 4.90 Å². The van der Waals surface area contributed by atoms with Gasteiger partial charge in [-0.2, -0.15) is 4.98 Å². The first-order chi connectivity index (χ1) is 15.7. The number of carbonyl (C=O) groups excluding carboxylic acids is 1. The van der Waals surface area contributed by atoms with Crippen LogP contribution < -0.4 is 4.72 Å². The molecule has 1 amide bonds. The van der Waals surface area contributed by atoms with Crippen LogP contribution >= 0.6 is 0 Å². The SMILES string of the molecule is Cc1cc(C)cc(NS(=O)(=O)c2cc(-c3noc(C(=O)N4CCCCCC4)n3)ccc2C)c1. The molecule has 0 aliphatic carbocycles. The second-order valence-corrected chi connectivity index (χ2v) is 10.2. The minimum absolute atomic E-state index is 0.0785. The summed E-state index contributed by atoms with van der Waals surface area (Å²) in [6.45, 7) is 6.90. The number of aryl methyl sites for hydroxylation is 3. The fourth-order valence-electron chi connectivity index (χ4n) is 4.11. The van der Waals surface area contributed by atoms with Crippen molar-refractivity contribution in [1.29, 1.82) is 0 Å². The summed E-state index contributed by atoms with van der Waals surface area (Å²) < 4.78 is 34.2. The van der Waals surface area contributed by atoms with E-state index in [9.17, 15) is 13.2 Å². The Bertz CT molecular complexity index is 1260. The van der Waals surface area contributed by atoms with Crippen LogP contribution in [0.5, 0.6) is 0 Å². The standard InChI is InChI=1S/C24H28N4O4S/c1-16-12-17(2)14-20(13-16)27-33(30,31)21-15-19(9-8-18(21)3)22-25-23(32-26-22)24(29)28-10-6-4-5-7-11-28/h8-9,12-15,27H,4-7,10-11H2,1-3H3. The van der Waals surface area contributed by atoms with Crippen molar-refractivity contribution in [3.8, 4) is 11.4 Å². The van der Waals surface area contributed by atoms with Gasteiger partial charge in [-0.25, -0.2) is 8.42 Å². The van der Waals surface area contributed by atoms with Crippen molar-refractivity contribution < 1.29 is 17.7 Å². The molecule has 3 aromatic rings. The molecule has 33 heavy (non-hydrogen) atoms. The second-order valence-electron chi connectivity index (χ2n) is 8.59. The fraction of sp³-hybridized carbons (Fsp3) is 0.375. The maximum absolute atomic E-state index is 13.1. The molecule has 1 aromatic heterocycles. The van der Waals surface area contributed by atoms with Crippen LogP contribution in [-0.2, 0) is 10.0 Å². The Labute approximate surface area is 194 Å². The predicted octanol–water partition coefficient (Wildman–Crippen LogP) is 4.48. The average Bonchev–Trinajstić information content (AvgIpc) is 3.07. The lowest BCUT2D eigenvalue weighted by Gasteiger charge is -2.17. The molecule has 1 saturated heterocycles. The number of benzene rings is 2. The maximum Gasteiger partial charge on any atom is 0.316 e. The Hall–Kier alpha value is -3.20. The molecule has 0 saturated carbocycles. The minimum Gasteiger partial charge on any atom is -0.334 e. The van der Waals surface area contributed by atoms with Gasteiger partial charge in [0, 0.05) is 24.3 Å². The van der Waals surface area contributed by atoms with Gasteiger partial charge in [0.25, 0.3) is 10.0 Å². The molecule has 0 radical (unpaired) electrons. The van der Waals surface area contributed by atoms with Gasteiger partial charge < -0.3 is 9.42 Å². The smallest absolute Gasteiger partial charge is 0.316 e. The van der Waals surface area contributed by atoms with Crippen molar-refractivity contribution >= 4 is 21.6 Å². The summed E-state index contributed by atoms with van der Waals surface area (Å²) in [5.41, 5.74) is 3.47. The van der Waals surface area contributed by atoms with Gasteiger partial charge in [0.2, 0.25) is 5.82 Å². The number of hydrogen-bond acceptors (Lipinski definition) is 6. The van der Waals surface area contributed by atoms with Crippen LogP contribution in [0.25, 0.3) is 11.4 Å². The topological polar surface area (TPSA) is 105 Å². The van der Waals surface area contributed by atoms with E-state index in [4.69, 9.17) is 4.52 Å². The number of likely N-dealkylation sites (tertiary alicyclic amines) is 1. The number of anilines is 1. The monoisotopic (exact) mass is 468 g/mol. The molecule has 0 atom stereocenters. The van der Waals surface area contributed by atoms with Gasteiger partial charge in [-0.1, -0.05) is 36.2 Å². The Balaban J connectivity index is 1.60. The van der Waals surface area contributed by atoms with E-state index in [1.54, 1.807) is 36.1 Å². The number of sulfonamides is 1. The third-order valence-electron chi connectivity index (χ3n) is 5.71. The van der Waals surface area contributed by atoms with Crippen molar-refractivity contribution in [2.45, 2.75) is 51.3 Å². The minimum atomic E-state index is -3.85. The number of carbonyl (C=O) groups is 1. The molecule has 4 rings (SSSR count). The number of hydrogen-bond donors (Lipinski definition) is 1. The summed E-state index contributed by atoms with van der Waals surface area (Å²) in [7, 11) is -3.85. The Morgan fingerprint density at radius 2 is 1.64 bits per heavy atom. The van der Waals surface area contributed by atoms with Crippen LogP contribution in [0.2, 0.25) is 0 Å². The molecule has 0 spiro atoms. The summed E-state index contributed by atoms with van der Waals surface area (Å²) >= 11 is 0. The van der Waals surface area contributed by atoms with Crippen molar-refractivity contribution in [3.05, 3.63) is 59.0 Å². The third-order valence-corrected chi connectivity index (χ3v) is 7.24. The van der Waals surface area contributed by atoms with Crippen molar-refractivity contribution in [1.82, 2.24) is 15.0 Å². The first-order valence-electron chi connectivity index (χ1n) is 11.1. The van der Waals surface area contributed by atoms with E-state index in [1.165, 1.54) is 6.07 Å². The summed E-state index contributed by atoms with van der Waals surface area (Å²) in [6.07, 6.45) is 4.13. The predicted molar refractivity (Wildman–Crippen MR) is 126 cm³/mol. The van der Waals surface area contributed by atoms with Crippen molar-refractivity contribution in [2.24, 2.45) is 0 Å². The molecule has 174 valence electrons. The molecule has 0 bridgehead atoms. The lowest BCUT2D eigenvalue weighted by Crippen LogP contribution is -2.32. The average molecular weight is 469 g/mol. The van der Waals surface area contributed by atoms with Crippen LogP contribution in [0.3, 0.4) is 0 Å². The van der Waals surface area contributed by atoms with Crippen molar-refractivity contribution in [2.75, 3.05) is 17.8 Å². The van der Waals surface area contributed by atoms with Crippen LogP contribution in [0.1, 0.15) is 53.1 Å². The second kappa shape index (κ2) is 9.35. The number of nitrogens with one attached hydrogen (secondary N) is 1. The zero-order valence-electron chi connectivity index (χ0n) is 19.1. The van der Waals surface area contributed by atoms with E-state index in [1.807, 2.05) is 19.9 Å². The number of rotatable bonds is 5. The van der Waals surface area contributed by atoms with Gasteiger partial charge in [-0.05, 0) is 68.5 Å². The highest BCUT2D eigenvalue weighted by atomic mass is 32.2. The zero-order valence-corrected chi connectivity index (χ0v) is 19.9. The number of amides is 1. The van der Waals surface area contributed by atoms with Crippen LogP contribution in [0.15, 0.2) is 45.8 Å². The third kappa shape index (κ3) is 5.24. The molecule has 0 unspecified atom stereocenters. The molecular formula is C24H28N4O4S. The van der Waals surface area contributed by atoms with E-state index >= 15 is 0 Å². The van der Waals surface area contributed by atoms with Crippen molar-refractivity contribution in [3.63, 3.8) is 0 Å². The molecule has 2 heterocycles. The number of nitrogens with zero attached hydrogens (tertiary/aromatic N) is 3. The Morgan fingerprint density at radius 3 is 2.30 bits per heavy atom. The summed E-state index contributed by atoms with van der Waals surface area (Å²) in [5.74, 6) is -0.187. The first-order valence-corrected chi connectivity index (χ1v) is 12.6.